The molecule has 2 aliphatic rings. The van der Waals surface area contributed by atoms with Crippen LogP contribution in [0, 0.1) is 17.8 Å². The van der Waals surface area contributed by atoms with E-state index in [1.807, 2.05) is 13.8 Å². The maximum atomic E-state index is 13.4. The van der Waals surface area contributed by atoms with Crippen molar-refractivity contribution in [1.29, 1.82) is 0 Å². The van der Waals surface area contributed by atoms with Crippen molar-refractivity contribution >= 4 is 17.9 Å². The van der Waals surface area contributed by atoms with Gasteiger partial charge < -0.3 is 42.6 Å². The predicted molar refractivity (Wildman–Crippen MR) is 249 cm³/mol. The van der Waals surface area contributed by atoms with E-state index >= 15 is 0 Å². The number of carbonyl (C=O) groups is 3. The number of fused-ring (bicyclic) bond motifs is 2. The van der Waals surface area contributed by atoms with Crippen LogP contribution in [0.4, 0.5) is 0 Å². The van der Waals surface area contributed by atoms with Gasteiger partial charge in [-0.3, -0.25) is 4.79 Å². The lowest BCUT2D eigenvalue weighted by Gasteiger charge is -2.18. The molecule has 12 nitrogen and oxygen atoms in total. The number of carbonyl (C=O) groups excluding carboxylic acids is 3. The highest BCUT2D eigenvalue weighted by Crippen LogP contribution is 2.44. The molecule has 5 rings (SSSR count). The minimum atomic E-state index is -0.583. The molecule has 3 atom stereocenters. The van der Waals surface area contributed by atoms with Gasteiger partial charge in [0.2, 0.25) is 0 Å². The van der Waals surface area contributed by atoms with Crippen LogP contribution in [-0.2, 0) is 35.1 Å². The molecular weight excluding hydrogens is 829 g/mol. The lowest BCUT2D eigenvalue weighted by atomic mass is 9.94. The molecule has 0 aromatic heterocycles. The van der Waals surface area contributed by atoms with Gasteiger partial charge in [-0.05, 0) is 131 Å². The molecule has 0 spiro atoms. The number of esters is 3. The zero-order valence-electron chi connectivity index (χ0n) is 38.8. The van der Waals surface area contributed by atoms with E-state index in [0.29, 0.717) is 73.7 Å². The third-order valence-corrected chi connectivity index (χ3v) is 11.6. The molecule has 1 fully saturated rings. The van der Waals surface area contributed by atoms with Gasteiger partial charge >= 0.3 is 17.9 Å². The summed E-state index contributed by atoms with van der Waals surface area (Å²) in [7, 11) is 0. The Kier molecular flexibility index (Phi) is 24.0. The highest BCUT2D eigenvalue weighted by atomic mass is 16.6. The Balaban J connectivity index is 1.05. The predicted octanol–water partition coefficient (Wildman–Crippen LogP) is 10.9. The Labute approximate surface area is 386 Å². The molecule has 1 saturated carbocycles. The minimum Gasteiger partial charge on any atom is -0.494 e. The second-order valence-electron chi connectivity index (χ2n) is 16.6. The van der Waals surface area contributed by atoms with Gasteiger partial charge in [-0.15, -0.1) is 0 Å². The summed E-state index contributed by atoms with van der Waals surface area (Å²) in [6.45, 7) is 10.6. The molecule has 65 heavy (non-hydrogen) atoms. The summed E-state index contributed by atoms with van der Waals surface area (Å²) in [5.74, 6) is 0.721. The Hall–Kier alpha value is -4.75. The van der Waals surface area contributed by atoms with Crippen LogP contribution in [0.5, 0.6) is 23.0 Å². The molecule has 0 amide bonds. The molecule has 3 unspecified atom stereocenters. The van der Waals surface area contributed by atoms with Crippen molar-refractivity contribution in [1.82, 2.24) is 0 Å². The van der Waals surface area contributed by atoms with Gasteiger partial charge in [-0.2, -0.15) is 0 Å². The van der Waals surface area contributed by atoms with Gasteiger partial charge in [0, 0.05) is 32.0 Å². The van der Waals surface area contributed by atoms with Crippen molar-refractivity contribution < 1.29 is 57.0 Å². The molecule has 12 heteroatoms. The molecule has 3 aromatic rings. The van der Waals surface area contributed by atoms with Crippen molar-refractivity contribution in [3.8, 4) is 23.0 Å². The van der Waals surface area contributed by atoms with Gasteiger partial charge in [0.1, 0.15) is 29.6 Å². The van der Waals surface area contributed by atoms with Crippen LogP contribution >= 0.6 is 0 Å². The van der Waals surface area contributed by atoms with Gasteiger partial charge in [0.25, 0.3) is 0 Å². The van der Waals surface area contributed by atoms with Gasteiger partial charge in [0.05, 0.1) is 56.7 Å². The summed E-state index contributed by atoms with van der Waals surface area (Å²) in [5, 5.41) is 0. The molecule has 3 aromatic carbocycles. The van der Waals surface area contributed by atoms with E-state index in [9.17, 15) is 14.4 Å². The zero-order chi connectivity index (χ0) is 45.7. The molecule has 0 N–H and O–H groups in total. The minimum absolute atomic E-state index is 0.156. The van der Waals surface area contributed by atoms with Crippen molar-refractivity contribution in [3.63, 3.8) is 0 Å². The Bertz CT molecular complexity index is 1840. The highest BCUT2D eigenvalue weighted by Gasteiger charge is 2.40. The van der Waals surface area contributed by atoms with Crippen LogP contribution < -0.4 is 18.9 Å². The summed E-state index contributed by atoms with van der Waals surface area (Å²) in [4.78, 5) is 39.8. The number of allylic oxidation sites excluding steroid dienone is 2. The summed E-state index contributed by atoms with van der Waals surface area (Å²) in [5.41, 5.74) is 1.08. The van der Waals surface area contributed by atoms with Crippen molar-refractivity contribution in [2.45, 2.75) is 110 Å². The van der Waals surface area contributed by atoms with Crippen LogP contribution in [0.25, 0.3) is 0 Å². The highest BCUT2D eigenvalue weighted by molar-refractivity contribution is 5.92. The van der Waals surface area contributed by atoms with Crippen molar-refractivity contribution in [3.05, 3.63) is 95.6 Å². The monoisotopic (exact) mass is 901 g/mol. The molecule has 2 bridgehead atoms. The van der Waals surface area contributed by atoms with Crippen LogP contribution in [0.2, 0.25) is 0 Å². The van der Waals surface area contributed by atoms with Gasteiger partial charge in [-0.1, -0.05) is 63.5 Å². The van der Waals surface area contributed by atoms with E-state index in [0.717, 1.165) is 103 Å². The number of rotatable bonds is 35. The molecular formula is C53H72O12. The average molecular weight is 901 g/mol. The quantitative estimate of drug-likeness (QED) is 0.0241. The normalized spacial score (nSPS) is 16.1. The van der Waals surface area contributed by atoms with Crippen LogP contribution in [0.3, 0.4) is 0 Å². The summed E-state index contributed by atoms with van der Waals surface area (Å²) in [6, 6.07) is 18.4. The maximum absolute atomic E-state index is 13.4. The van der Waals surface area contributed by atoms with E-state index in [-0.39, 0.29) is 35.9 Å². The van der Waals surface area contributed by atoms with Crippen LogP contribution in [0.1, 0.15) is 130 Å². The first-order valence-corrected chi connectivity index (χ1v) is 24.1. The fourth-order valence-electron chi connectivity index (χ4n) is 7.97. The number of unbranched alkanes of at least 4 members (excludes halogenated alkanes) is 10. The number of hydrogen-bond donors (Lipinski definition) is 0. The van der Waals surface area contributed by atoms with E-state index < -0.39 is 11.9 Å². The lowest BCUT2D eigenvalue weighted by Crippen LogP contribution is -2.21. The number of hydrogen-bond acceptors (Lipinski definition) is 12. The lowest BCUT2D eigenvalue weighted by molar-refractivity contribution is -0.150. The molecule has 0 radical (unpaired) electrons. The number of benzene rings is 3. The fourth-order valence-corrected chi connectivity index (χ4v) is 7.97. The van der Waals surface area contributed by atoms with Crippen LogP contribution in [-0.4, -0.2) is 84.0 Å². The standard InChI is InChI=1S/C53H72O12/c1-3-57-33-35-59-29-13-9-5-7-11-15-31-61-46-23-19-42(20-24-46)51(54)64-48-27-28-50(45(39-48)40-63-53(56)49-38-41-17-18-44(49)37-41)65-52(55)43-21-25-47(26-22-43)62-32-16-12-8-6-10-14-30-60-36-34-58-4-2/h17-28,39,41,44,49H,3-16,29-38,40H2,1-2H3. The third kappa shape index (κ3) is 19.3. The Morgan fingerprint density at radius 3 is 1.46 bits per heavy atom. The van der Waals surface area contributed by atoms with E-state index in [1.54, 1.807) is 66.7 Å². The van der Waals surface area contributed by atoms with E-state index in [4.69, 9.17) is 42.6 Å². The molecule has 0 aliphatic heterocycles. The first kappa shape index (κ1) is 51.2. The van der Waals surface area contributed by atoms with Crippen molar-refractivity contribution in [2.75, 3.05) is 66.1 Å². The molecule has 2 aliphatic carbocycles. The SMILES string of the molecule is CCOCCOCCCCCCCCOc1ccc(C(=O)Oc2ccc(OC(=O)c3ccc(OCCCCCCCCOCCOCC)cc3)c(COC(=O)C3CC4C=CC3C4)c2)cc1. The van der Waals surface area contributed by atoms with Gasteiger partial charge in [0.15, 0.2) is 0 Å². The summed E-state index contributed by atoms with van der Waals surface area (Å²) in [6.07, 6.45) is 19.2. The smallest absolute Gasteiger partial charge is 0.343 e. The second kappa shape index (κ2) is 30.5. The summed E-state index contributed by atoms with van der Waals surface area (Å²) >= 11 is 0. The molecule has 356 valence electrons. The maximum Gasteiger partial charge on any atom is 0.343 e. The Morgan fingerprint density at radius 1 is 0.492 bits per heavy atom. The first-order valence-electron chi connectivity index (χ1n) is 24.1. The van der Waals surface area contributed by atoms with Gasteiger partial charge in [-0.25, -0.2) is 9.59 Å². The van der Waals surface area contributed by atoms with E-state index in [2.05, 4.69) is 12.2 Å². The van der Waals surface area contributed by atoms with Crippen molar-refractivity contribution in [2.24, 2.45) is 17.8 Å². The molecule has 0 heterocycles. The Morgan fingerprint density at radius 2 is 0.969 bits per heavy atom. The average Bonchev–Trinajstić information content (AvgIpc) is 3.97. The second-order valence-corrected chi connectivity index (χ2v) is 16.6. The fraction of sp³-hybridized carbons (Fsp3) is 0.566. The van der Waals surface area contributed by atoms with Crippen LogP contribution in [0.15, 0.2) is 78.9 Å². The zero-order valence-corrected chi connectivity index (χ0v) is 38.8. The van der Waals surface area contributed by atoms with E-state index in [1.165, 1.54) is 12.8 Å². The summed E-state index contributed by atoms with van der Waals surface area (Å²) < 4.78 is 50.9. The first-order chi connectivity index (χ1) is 31.9. The largest absolute Gasteiger partial charge is 0.494 e. The third-order valence-electron chi connectivity index (χ3n) is 11.6. The number of ether oxygens (including phenoxy) is 9. The topological polar surface area (TPSA) is 134 Å². The molecule has 0 saturated heterocycles.